The molecule has 0 atom stereocenters. The molecule has 1 aromatic carbocycles. The molecule has 0 radical (unpaired) electrons. The quantitative estimate of drug-likeness (QED) is 0.692. The highest BCUT2D eigenvalue weighted by Gasteiger charge is 2.21. The minimum Gasteiger partial charge on any atom is -0.300 e. The van der Waals surface area contributed by atoms with Crippen molar-refractivity contribution in [2.45, 2.75) is 46.3 Å². The number of nitrogens with one attached hydrogen (secondary N) is 1. The standard InChI is InChI=1S/C20H25N5O2S/c1-3-10-24-15-7-5-6-8-16(15)25(20(24)27)13-18(26)22-19-21-14-9-11-23(4-2)12-17(14)28-19/h5-8H,3-4,9-13H2,1-2H3,(H,21,22,26). The van der Waals surface area contributed by atoms with Gasteiger partial charge in [0.15, 0.2) is 5.13 Å². The van der Waals surface area contributed by atoms with E-state index in [2.05, 4.69) is 22.1 Å². The number of thiazole rings is 1. The van der Waals surface area contributed by atoms with Gasteiger partial charge in [-0.1, -0.05) is 26.0 Å². The molecule has 0 aliphatic carbocycles. The van der Waals surface area contributed by atoms with Crippen molar-refractivity contribution >= 4 is 33.4 Å². The van der Waals surface area contributed by atoms with Crippen LogP contribution < -0.4 is 11.0 Å². The zero-order valence-corrected chi connectivity index (χ0v) is 17.1. The van der Waals surface area contributed by atoms with Crippen molar-refractivity contribution in [3.05, 3.63) is 45.3 Å². The van der Waals surface area contributed by atoms with E-state index in [-0.39, 0.29) is 18.1 Å². The molecule has 0 fully saturated rings. The Morgan fingerprint density at radius 3 is 2.68 bits per heavy atom. The fraction of sp³-hybridized carbons (Fsp3) is 0.450. The van der Waals surface area contributed by atoms with E-state index < -0.39 is 0 Å². The first-order chi connectivity index (χ1) is 13.6. The number of carbonyl (C=O) groups is 1. The Kier molecular flexibility index (Phi) is 5.32. The van der Waals surface area contributed by atoms with Gasteiger partial charge in [-0.3, -0.25) is 18.8 Å². The Hall–Kier alpha value is -2.45. The summed E-state index contributed by atoms with van der Waals surface area (Å²) in [7, 11) is 0. The molecule has 1 N–H and O–H groups in total. The average Bonchev–Trinajstić information content (AvgIpc) is 3.21. The van der Waals surface area contributed by atoms with Crippen molar-refractivity contribution in [2.24, 2.45) is 0 Å². The third-order valence-corrected chi connectivity index (χ3v) is 6.18. The van der Waals surface area contributed by atoms with Crippen LogP contribution >= 0.6 is 11.3 Å². The number of rotatable bonds is 6. The van der Waals surface area contributed by atoms with E-state index >= 15 is 0 Å². The first-order valence-electron chi connectivity index (χ1n) is 9.79. The molecule has 0 spiro atoms. The summed E-state index contributed by atoms with van der Waals surface area (Å²) in [5.74, 6) is -0.222. The molecule has 1 aliphatic rings. The number of aromatic nitrogens is 3. The van der Waals surface area contributed by atoms with Gasteiger partial charge in [-0.15, -0.1) is 11.3 Å². The lowest BCUT2D eigenvalue weighted by molar-refractivity contribution is -0.116. The van der Waals surface area contributed by atoms with E-state index in [9.17, 15) is 9.59 Å². The predicted molar refractivity (Wildman–Crippen MR) is 112 cm³/mol. The zero-order chi connectivity index (χ0) is 19.7. The van der Waals surface area contributed by atoms with Crippen LogP contribution in [0.5, 0.6) is 0 Å². The molecule has 0 bridgehead atoms. The van der Waals surface area contributed by atoms with Gasteiger partial charge >= 0.3 is 5.69 Å². The van der Waals surface area contributed by atoms with E-state index in [1.807, 2.05) is 31.2 Å². The summed E-state index contributed by atoms with van der Waals surface area (Å²) < 4.78 is 3.29. The number of benzene rings is 1. The van der Waals surface area contributed by atoms with Crippen LogP contribution in [0.4, 0.5) is 5.13 Å². The molecule has 8 heteroatoms. The number of amides is 1. The van der Waals surface area contributed by atoms with Crippen molar-refractivity contribution in [3.8, 4) is 0 Å². The van der Waals surface area contributed by atoms with E-state index in [4.69, 9.17) is 0 Å². The number of hydrogen-bond acceptors (Lipinski definition) is 5. The molecule has 3 heterocycles. The molecule has 0 saturated heterocycles. The number of para-hydroxylation sites is 2. The molecule has 3 aromatic rings. The number of hydrogen-bond donors (Lipinski definition) is 1. The van der Waals surface area contributed by atoms with Gasteiger partial charge in [0.05, 0.1) is 16.7 Å². The Morgan fingerprint density at radius 2 is 1.96 bits per heavy atom. The third kappa shape index (κ3) is 3.49. The average molecular weight is 400 g/mol. The topological polar surface area (TPSA) is 72.2 Å². The van der Waals surface area contributed by atoms with Crippen LogP contribution in [0.1, 0.15) is 30.8 Å². The minimum absolute atomic E-state index is 0.0125. The SMILES string of the molecule is CCCn1c(=O)n(CC(=O)Nc2nc3c(s2)CN(CC)CC3)c2ccccc21. The highest BCUT2D eigenvalue weighted by Crippen LogP contribution is 2.28. The normalized spacial score (nSPS) is 14.4. The van der Waals surface area contributed by atoms with Crippen molar-refractivity contribution in [2.75, 3.05) is 18.4 Å². The molecule has 148 valence electrons. The summed E-state index contributed by atoms with van der Waals surface area (Å²) in [5, 5.41) is 3.52. The summed E-state index contributed by atoms with van der Waals surface area (Å²) in [6.45, 7) is 7.74. The van der Waals surface area contributed by atoms with Crippen LogP contribution in [0, 0.1) is 0 Å². The monoisotopic (exact) mass is 399 g/mol. The number of nitrogens with zero attached hydrogens (tertiary/aromatic N) is 4. The lowest BCUT2D eigenvalue weighted by Crippen LogP contribution is -2.29. The molecule has 0 unspecified atom stereocenters. The first kappa shape index (κ1) is 18.9. The van der Waals surface area contributed by atoms with Gasteiger partial charge in [-0.2, -0.15) is 0 Å². The highest BCUT2D eigenvalue weighted by atomic mass is 32.1. The van der Waals surface area contributed by atoms with Gasteiger partial charge in [-0.05, 0) is 25.1 Å². The molecule has 7 nitrogen and oxygen atoms in total. The lowest BCUT2D eigenvalue weighted by Gasteiger charge is -2.23. The van der Waals surface area contributed by atoms with Crippen molar-refractivity contribution < 1.29 is 4.79 Å². The highest BCUT2D eigenvalue weighted by molar-refractivity contribution is 7.15. The fourth-order valence-electron chi connectivity index (χ4n) is 3.74. The smallest absolute Gasteiger partial charge is 0.300 e. The maximum Gasteiger partial charge on any atom is 0.329 e. The molecular formula is C20H25N5O2S. The Bertz CT molecular complexity index is 1060. The molecular weight excluding hydrogens is 374 g/mol. The Labute approximate surface area is 167 Å². The maximum atomic E-state index is 12.8. The van der Waals surface area contributed by atoms with Crippen molar-refractivity contribution in [1.82, 2.24) is 19.0 Å². The Morgan fingerprint density at radius 1 is 1.21 bits per heavy atom. The minimum atomic E-state index is -0.222. The largest absolute Gasteiger partial charge is 0.329 e. The summed E-state index contributed by atoms with van der Waals surface area (Å²) in [5.41, 5.74) is 2.59. The summed E-state index contributed by atoms with van der Waals surface area (Å²) in [6.07, 6.45) is 1.78. The van der Waals surface area contributed by atoms with E-state index in [0.29, 0.717) is 11.7 Å². The van der Waals surface area contributed by atoms with Gasteiger partial charge in [0.2, 0.25) is 5.91 Å². The first-order valence-corrected chi connectivity index (χ1v) is 10.6. The predicted octanol–water partition coefficient (Wildman–Crippen LogP) is 2.69. The van der Waals surface area contributed by atoms with Crippen LogP contribution in [0.25, 0.3) is 11.0 Å². The van der Waals surface area contributed by atoms with Gasteiger partial charge in [0.1, 0.15) is 6.54 Å². The van der Waals surface area contributed by atoms with Gasteiger partial charge in [0, 0.05) is 30.9 Å². The Balaban J connectivity index is 1.54. The lowest BCUT2D eigenvalue weighted by atomic mass is 10.2. The molecule has 0 saturated carbocycles. The summed E-state index contributed by atoms with van der Waals surface area (Å²) in [6, 6.07) is 7.62. The second-order valence-electron chi connectivity index (χ2n) is 7.06. The van der Waals surface area contributed by atoms with Crippen LogP contribution in [0.3, 0.4) is 0 Å². The summed E-state index contributed by atoms with van der Waals surface area (Å²) >= 11 is 1.54. The van der Waals surface area contributed by atoms with Crippen molar-refractivity contribution in [1.29, 1.82) is 0 Å². The van der Waals surface area contributed by atoms with E-state index in [1.165, 1.54) is 16.2 Å². The van der Waals surface area contributed by atoms with Gasteiger partial charge in [0.25, 0.3) is 0 Å². The second kappa shape index (κ2) is 7.89. The van der Waals surface area contributed by atoms with Crippen LogP contribution in [-0.4, -0.2) is 38.0 Å². The molecule has 2 aromatic heterocycles. The van der Waals surface area contributed by atoms with E-state index in [1.54, 1.807) is 9.13 Å². The molecule has 1 amide bonds. The van der Waals surface area contributed by atoms with Crippen LogP contribution in [0.2, 0.25) is 0 Å². The number of aryl methyl sites for hydroxylation is 1. The summed E-state index contributed by atoms with van der Waals surface area (Å²) in [4.78, 5) is 33.7. The molecule has 4 rings (SSSR count). The van der Waals surface area contributed by atoms with Gasteiger partial charge < -0.3 is 5.32 Å². The number of anilines is 1. The number of fused-ring (bicyclic) bond motifs is 2. The molecule has 28 heavy (non-hydrogen) atoms. The number of imidazole rings is 1. The van der Waals surface area contributed by atoms with Gasteiger partial charge in [-0.25, -0.2) is 9.78 Å². The maximum absolute atomic E-state index is 12.8. The third-order valence-electron chi connectivity index (χ3n) is 5.18. The van der Waals surface area contributed by atoms with Crippen molar-refractivity contribution in [3.63, 3.8) is 0 Å². The van der Waals surface area contributed by atoms with Crippen LogP contribution in [-0.2, 0) is 30.8 Å². The fourth-order valence-corrected chi connectivity index (χ4v) is 4.81. The second-order valence-corrected chi connectivity index (χ2v) is 8.15. The van der Waals surface area contributed by atoms with E-state index in [0.717, 1.165) is 49.2 Å². The van der Waals surface area contributed by atoms with Crippen LogP contribution in [0.15, 0.2) is 29.1 Å². The number of likely N-dealkylation sites (N-methyl/N-ethyl adjacent to an activating group) is 1. The number of carbonyl (C=O) groups excluding carboxylic acids is 1. The molecule has 1 aliphatic heterocycles. The zero-order valence-electron chi connectivity index (χ0n) is 16.3.